The van der Waals surface area contributed by atoms with Crippen LogP contribution in [0.2, 0.25) is 0 Å². The predicted octanol–water partition coefficient (Wildman–Crippen LogP) is 3.09. The van der Waals surface area contributed by atoms with Gasteiger partial charge < -0.3 is 5.32 Å². The van der Waals surface area contributed by atoms with E-state index in [9.17, 15) is 26.7 Å². The van der Waals surface area contributed by atoms with E-state index in [1.54, 1.807) is 5.32 Å². The molecule has 2 nitrogen and oxygen atoms in total. The van der Waals surface area contributed by atoms with Gasteiger partial charge in [-0.3, -0.25) is 4.79 Å². The molecular formula is C12H10F5NO. The monoisotopic (exact) mass is 279 g/mol. The minimum absolute atomic E-state index is 0.457. The summed E-state index contributed by atoms with van der Waals surface area (Å²) < 4.78 is 65.0. The summed E-state index contributed by atoms with van der Waals surface area (Å²) in [5.41, 5.74) is -0.915. The Morgan fingerprint density at radius 3 is 2.42 bits per heavy atom. The van der Waals surface area contributed by atoms with Crippen molar-refractivity contribution in [3.8, 4) is 0 Å². The third-order valence-electron chi connectivity index (χ3n) is 2.85. The minimum atomic E-state index is -4.89. The number of hydrogen-bond donors (Lipinski definition) is 1. The Morgan fingerprint density at radius 2 is 1.89 bits per heavy atom. The molecule has 1 aromatic carbocycles. The first-order valence-electron chi connectivity index (χ1n) is 5.61. The summed E-state index contributed by atoms with van der Waals surface area (Å²) >= 11 is 0. The van der Waals surface area contributed by atoms with Gasteiger partial charge in [0.15, 0.2) is 17.7 Å². The lowest BCUT2D eigenvalue weighted by molar-refractivity contribution is -0.164. The number of amides is 1. The molecule has 0 bridgehead atoms. The van der Waals surface area contributed by atoms with E-state index in [1.807, 2.05) is 0 Å². The maximum Gasteiger partial charge on any atom is 0.412 e. The molecule has 1 saturated carbocycles. The van der Waals surface area contributed by atoms with Crippen molar-refractivity contribution < 1.29 is 26.7 Å². The number of carbonyl (C=O) groups is 1. The van der Waals surface area contributed by atoms with Gasteiger partial charge in [-0.05, 0) is 18.9 Å². The van der Waals surface area contributed by atoms with E-state index in [0.717, 1.165) is 18.2 Å². The van der Waals surface area contributed by atoms with Crippen molar-refractivity contribution in [2.45, 2.75) is 25.1 Å². The van der Waals surface area contributed by atoms with Crippen molar-refractivity contribution in [1.29, 1.82) is 0 Å². The lowest BCUT2D eigenvalue weighted by Crippen LogP contribution is -2.39. The van der Waals surface area contributed by atoms with Crippen LogP contribution in [0.1, 0.15) is 24.4 Å². The Morgan fingerprint density at radius 1 is 1.26 bits per heavy atom. The molecule has 0 radical (unpaired) electrons. The molecule has 1 amide bonds. The molecular weight excluding hydrogens is 269 g/mol. The molecule has 1 aliphatic rings. The molecule has 0 aliphatic heterocycles. The van der Waals surface area contributed by atoms with E-state index in [1.165, 1.54) is 0 Å². The molecule has 0 unspecified atom stereocenters. The molecule has 1 aliphatic carbocycles. The molecule has 0 aromatic heterocycles. The molecule has 1 aromatic rings. The van der Waals surface area contributed by atoms with Gasteiger partial charge in [0, 0.05) is 11.5 Å². The summed E-state index contributed by atoms with van der Waals surface area (Å²) in [5, 5.41) is 1.73. The fourth-order valence-electron chi connectivity index (χ4n) is 1.68. The van der Waals surface area contributed by atoms with Gasteiger partial charge in [0.05, 0.1) is 0 Å². The van der Waals surface area contributed by atoms with Crippen LogP contribution in [0, 0.1) is 17.6 Å². The van der Waals surface area contributed by atoms with E-state index in [4.69, 9.17) is 0 Å². The SMILES string of the molecule is O=C(N[C@H](c1cccc(F)c1F)C(F)(F)F)C1CC1. The molecule has 0 spiro atoms. The molecule has 0 saturated heterocycles. The van der Waals surface area contributed by atoms with Crippen molar-refractivity contribution in [3.05, 3.63) is 35.4 Å². The normalized spacial score (nSPS) is 17.1. The minimum Gasteiger partial charge on any atom is -0.340 e. The first kappa shape index (κ1) is 13.8. The van der Waals surface area contributed by atoms with Crippen LogP contribution in [0.5, 0.6) is 0 Å². The van der Waals surface area contributed by atoms with E-state index >= 15 is 0 Å². The lowest BCUT2D eigenvalue weighted by Gasteiger charge is -2.22. The van der Waals surface area contributed by atoms with Crippen molar-refractivity contribution in [1.82, 2.24) is 5.32 Å². The highest BCUT2D eigenvalue weighted by molar-refractivity contribution is 5.81. The Hall–Kier alpha value is -1.66. The van der Waals surface area contributed by atoms with Gasteiger partial charge in [-0.2, -0.15) is 13.2 Å². The summed E-state index contributed by atoms with van der Waals surface area (Å²) in [4.78, 5) is 11.4. The number of nitrogens with one attached hydrogen (secondary N) is 1. The molecule has 104 valence electrons. The number of rotatable bonds is 3. The third-order valence-corrected chi connectivity index (χ3v) is 2.85. The van der Waals surface area contributed by atoms with E-state index < -0.39 is 41.2 Å². The maximum absolute atomic E-state index is 13.4. The van der Waals surface area contributed by atoms with Crippen LogP contribution in [0.4, 0.5) is 22.0 Å². The second-order valence-corrected chi connectivity index (χ2v) is 4.40. The largest absolute Gasteiger partial charge is 0.412 e. The van der Waals surface area contributed by atoms with Gasteiger partial charge in [0.2, 0.25) is 5.91 Å². The number of benzene rings is 1. The van der Waals surface area contributed by atoms with Gasteiger partial charge in [0.1, 0.15) is 0 Å². The third kappa shape index (κ3) is 3.02. The van der Waals surface area contributed by atoms with Crippen molar-refractivity contribution >= 4 is 5.91 Å². The zero-order valence-corrected chi connectivity index (χ0v) is 9.60. The van der Waals surface area contributed by atoms with Crippen molar-refractivity contribution in [2.24, 2.45) is 5.92 Å². The molecule has 7 heteroatoms. The number of halogens is 5. The van der Waals surface area contributed by atoms with Gasteiger partial charge in [-0.15, -0.1) is 0 Å². The van der Waals surface area contributed by atoms with Crippen LogP contribution in [0.15, 0.2) is 18.2 Å². The fraction of sp³-hybridized carbons (Fsp3) is 0.417. The summed E-state index contributed by atoms with van der Waals surface area (Å²) in [6.45, 7) is 0. The van der Waals surface area contributed by atoms with Crippen LogP contribution in [-0.4, -0.2) is 12.1 Å². The Balaban J connectivity index is 2.31. The highest BCUT2D eigenvalue weighted by Gasteiger charge is 2.45. The molecule has 0 heterocycles. The first-order chi connectivity index (χ1) is 8.80. The van der Waals surface area contributed by atoms with Crippen LogP contribution in [0.3, 0.4) is 0 Å². The van der Waals surface area contributed by atoms with Crippen LogP contribution in [0.25, 0.3) is 0 Å². The maximum atomic E-state index is 13.4. The number of hydrogen-bond acceptors (Lipinski definition) is 1. The molecule has 1 atom stereocenters. The molecule has 2 rings (SSSR count). The van der Waals surface area contributed by atoms with Gasteiger partial charge in [-0.25, -0.2) is 8.78 Å². The zero-order valence-electron chi connectivity index (χ0n) is 9.60. The van der Waals surface area contributed by atoms with Crippen LogP contribution >= 0.6 is 0 Å². The van der Waals surface area contributed by atoms with E-state index in [0.29, 0.717) is 12.8 Å². The average molecular weight is 279 g/mol. The number of alkyl halides is 3. The quantitative estimate of drug-likeness (QED) is 0.846. The van der Waals surface area contributed by atoms with E-state index in [2.05, 4.69) is 0 Å². The second-order valence-electron chi connectivity index (χ2n) is 4.40. The lowest BCUT2D eigenvalue weighted by atomic mass is 10.1. The van der Waals surface area contributed by atoms with Crippen molar-refractivity contribution in [2.75, 3.05) is 0 Å². The smallest absolute Gasteiger partial charge is 0.340 e. The van der Waals surface area contributed by atoms with E-state index in [-0.39, 0.29) is 0 Å². The molecule has 1 N–H and O–H groups in total. The Labute approximate surface area is 105 Å². The van der Waals surface area contributed by atoms with Crippen LogP contribution in [-0.2, 0) is 4.79 Å². The summed E-state index contributed by atoms with van der Waals surface area (Å²) in [5.74, 6) is -4.22. The van der Waals surface area contributed by atoms with Gasteiger partial charge in [0.25, 0.3) is 0 Å². The Kier molecular flexibility index (Phi) is 3.47. The second kappa shape index (κ2) is 4.79. The summed E-state index contributed by atoms with van der Waals surface area (Å²) in [6, 6.07) is -0.0367. The average Bonchev–Trinajstić information content (AvgIpc) is 3.12. The molecule has 19 heavy (non-hydrogen) atoms. The Bertz CT molecular complexity index is 495. The standard InChI is InChI=1S/C12H10F5NO/c13-8-3-1-2-7(9(8)14)10(12(15,16)17)18-11(19)6-4-5-6/h1-3,6,10H,4-5H2,(H,18,19)/t10-/m1/s1. The summed E-state index contributed by atoms with van der Waals surface area (Å²) in [6.07, 6.45) is -3.86. The highest BCUT2D eigenvalue weighted by Crippen LogP contribution is 2.36. The zero-order chi connectivity index (χ0) is 14.2. The predicted molar refractivity (Wildman–Crippen MR) is 56.0 cm³/mol. The fourth-order valence-corrected chi connectivity index (χ4v) is 1.68. The topological polar surface area (TPSA) is 29.1 Å². The van der Waals surface area contributed by atoms with Gasteiger partial charge >= 0.3 is 6.18 Å². The highest BCUT2D eigenvalue weighted by atomic mass is 19.4. The molecule has 1 fully saturated rings. The number of carbonyl (C=O) groups excluding carboxylic acids is 1. The van der Waals surface area contributed by atoms with Gasteiger partial charge in [-0.1, -0.05) is 12.1 Å². The van der Waals surface area contributed by atoms with Crippen molar-refractivity contribution in [3.63, 3.8) is 0 Å². The first-order valence-corrected chi connectivity index (χ1v) is 5.61. The van der Waals surface area contributed by atoms with Crippen LogP contribution < -0.4 is 5.32 Å². The summed E-state index contributed by atoms with van der Waals surface area (Å²) in [7, 11) is 0.